The van der Waals surface area contributed by atoms with Crippen LogP contribution in [0.5, 0.6) is 0 Å². The zero-order valence-electron chi connectivity index (χ0n) is 15.8. The highest BCUT2D eigenvalue weighted by molar-refractivity contribution is 5.91. The molecule has 0 radical (unpaired) electrons. The van der Waals surface area contributed by atoms with Gasteiger partial charge in [-0.05, 0) is 51.2 Å². The van der Waals surface area contributed by atoms with Gasteiger partial charge in [0.1, 0.15) is 5.60 Å². The Labute approximate surface area is 150 Å². The van der Waals surface area contributed by atoms with Gasteiger partial charge in [0, 0.05) is 25.2 Å². The number of hydrogen-bond donors (Lipinski definition) is 1. The number of nitrogens with zero attached hydrogens (tertiary/aromatic N) is 2. The summed E-state index contributed by atoms with van der Waals surface area (Å²) in [6.07, 6.45) is 4.99. The van der Waals surface area contributed by atoms with Crippen LogP contribution in [0.4, 0.5) is 10.5 Å². The van der Waals surface area contributed by atoms with Crippen molar-refractivity contribution < 1.29 is 14.3 Å². The molecule has 2 heterocycles. The van der Waals surface area contributed by atoms with Crippen LogP contribution in [0.3, 0.4) is 0 Å². The first-order valence-electron chi connectivity index (χ1n) is 8.89. The quantitative estimate of drug-likeness (QED) is 0.903. The Morgan fingerprint density at radius 3 is 2.44 bits per heavy atom. The molecule has 1 N–H and O–H groups in total. The van der Waals surface area contributed by atoms with E-state index in [1.54, 1.807) is 11.1 Å². The van der Waals surface area contributed by atoms with Crippen LogP contribution in [-0.2, 0) is 9.53 Å². The molecule has 1 aliphatic rings. The van der Waals surface area contributed by atoms with E-state index < -0.39 is 5.60 Å². The Hall–Kier alpha value is -2.11. The van der Waals surface area contributed by atoms with Crippen LogP contribution < -0.4 is 5.32 Å². The molecule has 1 fully saturated rings. The number of piperidine rings is 1. The highest BCUT2D eigenvalue weighted by atomic mass is 16.6. The zero-order chi connectivity index (χ0) is 18.6. The third-order valence-electron chi connectivity index (χ3n) is 4.17. The van der Waals surface area contributed by atoms with E-state index in [4.69, 9.17) is 4.74 Å². The molecule has 6 nitrogen and oxygen atoms in total. The van der Waals surface area contributed by atoms with Gasteiger partial charge in [0.2, 0.25) is 5.91 Å². The number of likely N-dealkylation sites (tertiary alicyclic amines) is 1. The fraction of sp³-hybridized carbons (Fsp3) is 0.632. The van der Waals surface area contributed by atoms with Crippen molar-refractivity contribution in [3.63, 3.8) is 0 Å². The highest BCUT2D eigenvalue weighted by Crippen LogP contribution is 2.29. The van der Waals surface area contributed by atoms with E-state index in [1.165, 1.54) is 0 Å². The fourth-order valence-electron chi connectivity index (χ4n) is 2.76. The molecular weight excluding hydrogens is 318 g/mol. The van der Waals surface area contributed by atoms with Crippen molar-refractivity contribution in [2.45, 2.75) is 59.0 Å². The molecule has 0 bridgehead atoms. The second kappa shape index (κ2) is 7.85. The summed E-state index contributed by atoms with van der Waals surface area (Å²) >= 11 is 0. The van der Waals surface area contributed by atoms with Gasteiger partial charge >= 0.3 is 6.09 Å². The van der Waals surface area contributed by atoms with Crippen molar-refractivity contribution in [3.8, 4) is 0 Å². The van der Waals surface area contributed by atoms with E-state index in [9.17, 15) is 9.59 Å². The number of carbonyl (C=O) groups is 2. The van der Waals surface area contributed by atoms with E-state index >= 15 is 0 Å². The van der Waals surface area contributed by atoms with Crippen molar-refractivity contribution in [1.82, 2.24) is 9.88 Å². The third kappa shape index (κ3) is 5.73. The maximum Gasteiger partial charge on any atom is 0.410 e. The van der Waals surface area contributed by atoms with Crippen molar-refractivity contribution in [3.05, 3.63) is 24.0 Å². The number of nitrogens with one attached hydrogen (secondary N) is 1. The maximum absolute atomic E-state index is 12.1. The maximum atomic E-state index is 12.1. The minimum atomic E-state index is -0.471. The number of anilines is 1. The van der Waals surface area contributed by atoms with Crippen LogP contribution >= 0.6 is 0 Å². The first-order chi connectivity index (χ1) is 11.7. The molecule has 1 aliphatic heterocycles. The number of pyridine rings is 1. The molecule has 6 heteroatoms. The molecule has 25 heavy (non-hydrogen) atoms. The van der Waals surface area contributed by atoms with E-state index in [2.05, 4.69) is 10.3 Å². The molecule has 1 saturated heterocycles. The minimum Gasteiger partial charge on any atom is -0.444 e. The summed E-state index contributed by atoms with van der Waals surface area (Å²) in [6.45, 7) is 10.7. The van der Waals surface area contributed by atoms with E-state index in [0.717, 1.165) is 24.1 Å². The number of hydrogen-bond acceptors (Lipinski definition) is 4. The Morgan fingerprint density at radius 2 is 1.88 bits per heavy atom. The molecule has 2 rings (SSSR count). The van der Waals surface area contributed by atoms with Gasteiger partial charge in [-0.3, -0.25) is 9.78 Å². The Bertz CT molecular complexity index is 615. The van der Waals surface area contributed by atoms with Gasteiger partial charge in [0.05, 0.1) is 11.9 Å². The molecule has 0 aliphatic carbocycles. The molecule has 0 saturated carbocycles. The van der Waals surface area contributed by atoms with Crippen LogP contribution in [0, 0.1) is 5.92 Å². The average Bonchev–Trinajstić information content (AvgIpc) is 2.53. The number of rotatable bonds is 3. The minimum absolute atomic E-state index is 0.0151. The van der Waals surface area contributed by atoms with Crippen LogP contribution in [0.1, 0.15) is 58.9 Å². The molecule has 0 atom stereocenters. The lowest BCUT2D eigenvalue weighted by Gasteiger charge is -2.33. The first kappa shape index (κ1) is 19.2. The summed E-state index contributed by atoms with van der Waals surface area (Å²) in [7, 11) is 0. The van der Waals surface area contributed by atoms with Gasteiger partial charge in [-0.1, -0.05) is 13.8 Å². The number of carbonyl (C=O) groups excluding carboxylic acids is 2. The SMILES string of the molecule is CC(C)C(=O)Nc1cncc(C2CCN(C(=O)OC(C)(C)C)CC2)c1. The second-order valence-electron chi connectivity index (χ2n) is 7.89. The predicted octanol–water partition coefficient (Wildman–Crippen LogP) is 3.79. The van der Waals surface area contributed by atoms with Crippen LogP contribution in [0.15, 0.2) is 18.5 Å². The number of aromatic nitrogens is 1. The molecule has 1 aromatic rings. The Balaban J connectivity index is 1.94. The molecule has 0 aromatic carbocycles. The molecule has 0 spiro atoms. The molecular formula is C19H29N3O3. The molecule has 1 aromatic heterocycles. The smallest absolute Gasteiger partial charge is 0.410 e. The predicted molar refractivity (Wildman–Crippen MR) is 97.5 cm³/mol. The number of ether oxygens (including phenoxy) is 1. The lowest BCUT2D eigenvalue weighted by atomic mass is 9.90. The van der Waals surface area contributed by atoms with Crippen LogP contribution in [0.2, 0.25) is 0 Å². The van der Waals surface area contributed by atoms with Gasteiger partial charge in [0.25, 0.3) is 0 Å². The number of amides is 2. The monoisotopic (exact) mass is 347 g/mol. The van der Waals surface area contributed by atoms with E-state index in [1.807, 2.05) is 46.9 Å². The lowest BCUT2D eigenvalue weighted by Crippen LogP contribution is -2.41. The molecule has 2 amide bonds. The summed E-state index contributed by atoms with van der Waals surface area (Å²) in [5.74, 6) is 0.251. The second-order valence-corrected chi connectivity index (χ2v) is 7.89. The molecule has 138 valence electrons. The van der Waals surface area contributed by atoms with Gasteiger partial charge in [0.15, 0.2) is 0 Å². The van der Waals surface area contributed by atoms with Gasteiger partial charge in [-0.25, -0.2) is 4.79 Å². The van der Waals surface area contributed by atoms with Crippen LogP contribution in [0.25, 0.3) is 0 Å². The third-order valence-corrected chi connectivity index (χ3v) is 4.17. The Kier molecular flexibility index (Phi) is 6.03. The lowest BCUT2D eigenvalue weighted by molar-refractivity contribution is -0.118. The van der Waals surface area contributed by atoms with Gasteiger partial charge in [-0.15, -0.1) is 0 Å². The summed E-state index contributed by atoms with van der Waals surface area (Å²) in [5.41, 5.74) is 1.36. The summed E-state index contributed by atoms with van der Waals surface area (Å²) in [6, 6.07) is 1.99. The molecule has 0 unspecified atom stereocenters. The normalized spacial score (nSPS) is 16.0. The fourth-order valence-corrected chi connectivity index (χ4v) is 2.76. The van der Waals surface area contributed by atoms with Crippen molar-refractivity contribution >= 4 is 17.7 Å². The van der Waals surface area contributed by atoms with Crippen molar-refractivity contribution in [1.29, 1.82) is 0 Å². The van der Waals surface area contributed by atoms with Crippen molar-refractivity contribution in [2.75, 3.05) is 18.4 Å². The summed E-state index contributed by atoms with van der Waals surface area (Å²) in [5, 5.41) is 2.89. The average molecular weight is 347 g/mol. The van der Waals surface area contributed by atoms with E-state index in [0.29, 0.717) is 19.0 Å². The topological polar surface area (TPSA) is 71.5 Å². The van der Waals surface area contributed by atoms with Crippen LogP contribution in [-0.4, -0.2) is 40.6 Å². The summed E-state index contributed by atoms with van der Waals surface area (Å²) in [4.78, 5) is 30.0. The zero-order valence-corrected chi connectivity index (χ0v) is 15.8. The standard InChI is InChI=1S/C19H29N3O3/c1-13(2)17(23)21-16-10-15(11-20-12-16)14-6-8-22(9-7-14)18(24)25-19(3,4)5/h10-14H,6-9H2,1-5H3,(H,21,23). The summed E-state index contributed by atoms with van der Waals surface area (Å²) < 4.78 is 5.43. The Morgan fingerprint density at radius 1 is 1.24 bits per heavy atom. The van der Waals surface area contributed by atoms with E-state index in [-0.39, 0.29) is 17.9 Å². The largest absolute Gasteiger partial charge is 0.444 e. The van der Waals surface area contributed by atoms with Gasteiger partial charge in [-0.2, -0.15) is 0 Å². The highest BCUT2D eigenvalue weighted by Gasteiger charge is 2.27. The van der Waals surface area contributed by atoms with Crippen molar-refractivity contribution in [2.24, 2.45) is 5.92 Å². The van der Waals surface area contributed by atoms with Gasteiger partial charge < -0.3 is 15.0 Å². The first-order valence-corrected chi connectivity index (χ1v) is 8.89.